The molecule has 4 aromatic carbocycles. The molecule has 17 heteroatoms. The lowest BCUT2D eigenvalue weighted by atomic mass is 10.0. The molecule has 0 radical (unpaired) electrons. The summed E-state index contributed by atoms with van der Waals surface area (Å²) in [4.78, 5) is 27.8. The van der Waals surface area contributed by atoms with E-state index in [4.69, 9.17) is 79.1 Å². The molecule has 10 nitrogen and oxygen atoms in total. The van der Waals surface area contributed by atoms with Gasteiger partial charge in [-0.05, 0) is 36.4 Å². The summed E-state index contributed by atoms with van der Waals surface area (Å²) in [5.41, 5.74) is 2.08. The Balaban J connectivity index is 1.42. The van der Waals surface area contributed by atoms with Crippen molar-refractivity contribution >= 4 is 104 Å². The predicted molar refractivity (Wildman–Crippen MR) is 197 cm³/mol. The van der Waals surface area contributed by atoms with E-state index >= 15 is 0 Å². The highest BCUT2D eigenvalue weighted by atomic mass is 35.5. The van der Waals surface area contributed by atoms with Gasteiger partial charge in [-0.15, -0.1) is 0 Å². The highest BCUT2D eigenvalue weighted by molar-refractivity contribution is 7.99. The summed E-state index contributed by atoms with van der Waals surface area (Å²) in [5, 5.41) is 25.2. The van der Waals surface area contributed by atoms with Crippen LogP contribution in [0.4, 0.5) is 22.7 Å². The van der Waals surface area contributed by atoms with Crippen molar-refractivity contribution in [3.63, 3.8) is 0 Å². The molecule has 4 aromatic rings. The topological polar surface area (TPSA) is 111 Å². The van der Waals surface area contributed by atoms with Crippen LogP contribution in [0.1, 0.15) is 0 Å². The van der Waals surface area contributed by atoms with Crippen LogP contribution in [-0.2, 0) is 9.47 Å². The maximum absolute atomic E-state index is 12.0. The first-order chi connectivity index (χ1) is 23.5. The van der Waals surface area contributed by atoms with E-state index in [1.807, 2.05) is 9.80 Å². The third kappa shape index (κ3) is 7.37. The number of benzene rings is 4. The van der Waals surface area contributed by atoms with E-state index in [9.17, 15) is 20.2 Å². The second kappa shape index (κ2) is 15.3. The number of nitrogens with zero attached hydrogens (tertiary/aromatic N) is 4. The standard InChI is InChI=1S/C32H24Cl6N4O6S/c33-19-1-3-27(31(37)29(19)17-13-23(39-5-9-47-10-6-39)25(41(43)44)15-21(17)35)49-28-4-2-20(34)30(32(28)38)18-14-24(40-7-11-48-12-8-40)26(42(45)46)16-22(18)36/h1-4,13-16H,5-12H2. The largest absolute Gasteiger partial charge is 0.378 e. The van der Waals surface area contributed by atoms with Crippen molar-refractivity contribution in [1.29, 1.82) is 0 Å². The molecule has 49 heavy (non-hydrogen) atoms. The Labute approximate surface area is 315 Å². The van der Waals surface area contributed by atoms with Crippen molar-refractivity contribution in [1.82, 2.24) is 0 Å². The molecule has 6 rings (SSSR count). The van der Waals surface area contributed by atoms with E-state index in [0.29, 0.717) is 96.0 Å². The number of nitro benzene ring substituents is 2. The SMILES string of the molecule is O=[N+]([O-])c1cc(Cl)c(-c2c(Cl)ccc(Sc3ccc(Cl)c(-c4cc(N5CCOCC5)c([N+](=O)[O-])cc4Cl)c3Cl)c2Cl)cc1N1CCOCC1. The van der Waals surface area contributed by atoms with E-state index in [0.717, 1.165) is 0 Å². The maximum Gasteiger partial charge on any atom is 0.294 e. The van der Waals surface area contributed by atoms with Gasteiger partial charge in [-0.1, -0.05) is 81.4 Å². The lowest BCUT2D eigenvalue weighted by molar-refractivity contribution is -0.384. The van der Waals surface area contributed by atoms with Gasteiger partial charge in [-0.3, -0.25) is 20.2 Å². The van der Waals surface area contributed by atoms with Crippen molar-refractivity contribution in [3.8, 4) is 22.3 Å². The zero-order valence-electron chi connectivity index (χ0n) is 25.2. The molecule has 0 bridgehead atoms. The van der Waals surface area contributed by atoms with Crippen molar-refractivity contribution in [2.75, 3.05) is 62.4 Å². The second-order valence-electron chi connectivity index (χ2n) is 10.9. The predicted octanol–water partition coefficient (Wildman–Crippen LogP) is 10.6. The van der Waals surface area contributed by atoms with Crippen molar-refractivity contribution < 1.29 is 19.3 Å². The van der Waals surface area contributed by atoms with E-state index < -0.39 is 9.85 Å². The van der Waals surface area contributed by atoms with Gasteiger partial charge in [-0.2, -0.15) is 0 Å². The number of ether oxygens (including phenoxy) is 2. The van der Waals surface area contributed by atoms with Gasteiger partial charge in [0.2, 0.25) is 0 Å². The van der Waals surface area contributed by atoms with Crippen LogP contribution < -0.4 is 9.80 Å². The van der Waals surface area contributed by atoms with Gasteiger partial charge >= 0.3 is 0 Å². The zero-order valence-corrected chi connectivity index (χ0v) is 30.5. The summed E-state index contributed by atoms with van der Waals surface area (Å²) in [6.45, 7) is 3.54. The quantitative estimate of drug-likeness (QED) is 0.127. The normalized spacial score (nSPS) is 15.1. The molecule has 0 aromatic heterocycles. The van der Waals surface area contributed by atoms with E-state index in [1.54, 1.807) is 36.4 Å². The molecule has 0 N–H and O–H groups in total. The average Bonchev–Trinajstić information content (AvgIpc) is 3.08. The molecule has 2 heterocycles. The molecule has 2 aliphatic heterocycles. The fraction of sp³-hybridized carbons (Fsp3) is 0.250. The highest BCUT2D eigenvalue weighted by Gasteiger charge is 2.29. The van der Waals surface area contributed by atoms with Gasteiger partial charge in [0.25, 0.3) is 11.4 Å². The summed E-state index contributed by atoms with van der Waals surface area (Å²) in [6.07, 6.45) is 0. The minimum absolute atomic E-state index is 0.102. The van der Waals surface area contributed by atoms with Gasteiger partial charge in [-0.25, -0.2) is 0 Å². The molecular formula is C32H24Cl6N4O6S. The molecule has 2 aliphatic rings. The van der Waals surface area contributed by atoms with Crippen LogP contribution in [0.2, 0.25) is 30.1 Å². The van der Waals surface area contributed by atoms with Crippen LogP contribution >= 0.6 is 81.4 Å². The van der Waals surface area contributed by atoms with Gasteiger partial charge in [0.1, 0.15) is 11.4 Å². The smallest absolute Gasteiger partial charge is 0.294 e. The first-order valence-corrected chi connectivity index (χ1v) is 17.8. The summed E-state index contributed by atoms with van der Waals surface area (Å²) in [6, 6.07) is 12.6. The van der Waals surface area contributed by atoms with Crippen molar-refractivity contribution in [3.05, 3.63) is 98.9 Å². The summed E-state index contributed by atoms with van der Waals surface area (Å²) in [7, 11) is 0. The van der Waals surface area contributed by atoms with Crippen LogP contribution in [0.25, 0.3) is 22.3 Å². The molecule has 0 atom stereocenters. The van der Waals surface area contributed by atoms with Crippen LogP contribution in [-0.4, -0.2) is 62.5 Å². The molecule has 256 valence electrons. The molecule has 0 unspecified atom stereocenters. The molecular weight excluding hydrogens is 781 g/mol. The lowest BCUT2D eigenvalue weighted by Gasteiger charge is -2.29. The zero-order chi connectivity index (χ0) is 35.0. The minimum atomic E-state index is -0.475. The summed E-state index contributed by atoms with van der Waals surface area (Å²) >= 11 is 42.0. The monoisotopic (exact) mass is 802 g/mol. The Hall–Kier alpha value is -2.71. The maximum atomic E-state index is 12.0. The van der Waals surface area contributed by atoms with Gasteiger partial charge < -0.3 is 19.3 Å². The average molecular weight is 805 g/mol. The Kier molecular flexibility index (Phi) is 11.2. The van der Waals surface area contributed by atoms with Crippen LogP contribution in [0.3, 0.4) is 0 Å². The van der Waals surface area contributed by atoms with E-state index in [1.165, 1.54) is 23.9 Å². The third-order valence-electron chi connectivity index (χ3n) is 8.10. The summed E-state index contributed by atoms with van der Waals surface area (Å²) < 4.78 is 10.9. The van der Waals surface area contributed by atoms with Crippen LogP contribution in [0.15, 0.2) is 58.3 Å². The number of anilines is 2. The molecule has 0 saturated carbocycles. The van der Waals surface area contributed by atoms with Crippen molar-refractivity contribution in [2.45, 2.75) is 9.79 Å². The van der Waals surface area contributed by atoms with E-state index in [2.05, 4.69) is 0 Å². The Morgan fingerprint density at radius 2 is 0.939 bits per heavy atom. The number of nitro groups is 2. The Morgan fingerprint density at radius 3 is 1.29 bits per heavy atom. The molecule has 0 amide bonds. The van der Waals surface area contributed by atoms with Crippen molar-refractivity contribution in [2.24, 2.45) is 0 Å². The fourth-order valence-corrected chi connectivity index (χ4v) is 8.51. The Bertz CT molecular complexity index is 1830. The van der Waals surface area contributed by atoms with Gasteiger partial charge in [0.15, 0.2) is 0 Å². The number of rotatable bonds is 8. The number of hydrogen-bond acceptors (Lipinski definition) is 9. The minimum Gasteiger partial charge on any atom is -0.378 e. The van der Waals surface area contributed by atoms with Crippen LogP contribution in [0, 0.1) is 20.2 Å². The fourth-order valence-electron chi connectivity index (χ4n) is 5.73. The first-order valence-electron chi connectivity index (χ1n) is 14.7. The van der Waals surface area contributed by atoms with Gasteiger partial charge in [0, 0.05) is 70.4 Å². The Morgan fingerprint density at radius 1 is 0.571 bits per heavy atom. The third-order valence-corrected chi connectivity index (χ3v) is 11.5. The number of hydrogen-bond donors (Lipinski definition) is 0. The second-order valence-corrected chi connectivity index (χ2v) is 14.4. The molecule has 2 fully saturated rings. The number of halogens is 6. The molecule has 0 aliphatic carbocycles. The molecule has 2 saturated heterocycles. The van der Waals surface area contributed by atoms with Gasteiger partial charge in [0.05, 0.1) is 66.4 Å². The number of morpholine rings is 2. The van der Waals surface area contributed by atoms with Crippen LogP contribution in [0.5, 0.6) is 0 Å². The highest BCUT2D eigenvalue weighted by Crippen LogP contribution is 2.51. The lowest BCUT2D eigenvalue weighted by Crippen LogP contribution is -2.36. The molecule has 0 spiro atoms. The van der Waals surface area contributed by atoms with E-state index in [-0.39, 0.29) is 41.5 Å². The summed E-state index contributed by atoms with van der Waals surface area (Å²) in [5.74, 6) is 0. The first kappa shape index (κ1) is 36.1.